The molecule has 2 heterocycles. The standard InChI is InChI=1S/C16H12FN3O4/c1-10(23-16(21)12-6-8-20(22)9-7-12)14-18-19-15(24-14)11-2-4-13(17)5-3-11/h2-10H,1H3/t10-/m0/s1. The number of benzene rings is 1. The predicted octanol–water partition coefficient (Wildman–Crippen LogP) is 2.43. The van der Waals surface area contributed by atoms with Crippen molar-refractivity contribution in [1.29, 1.82) is 0 Å². The second-order valence-electron chi connectivity index (χ2n) is 4.95. The third-order valence-corrected chi connectivity index (χ3v) is 3.20. The van der Waals surface area contributed by atoms with Crippen LogP contribution in [0.1, 0.15) is 29.3 Å². The first kappa shape index (κ1) is 15.6. The molecular weight excluding hydrogens is 317 g/mol. The van der Waals surface area contributed by atoms with Gasteiger partial charge in [-0.25, -0.2) is 9.18 Å². The molecule has 0 unspecified atom stereocenters. The lowest BCUT2D eigenvalue weighted by Crippen LogP contribution is -2.24. The Morgan fingerprint density at radius 3 is 2.54 bits per heavy atom. The Kier molecular flexibility index (Phi) is 4.19. The average Bonchev–Trinajstić information content (AvgIpc) is 3.06. The Labute approximate surface area is 135 Å². The number of pyridine rings is 1. The van der Waals surface area contributed by atoms with Crippen LogP contribution in [0.3, 0.4) is 0 Å². The number of carbonyl (C=O) groups excluding carboxylic acids is 1. The van der Waals surface area contributed by atoms with Crippen LogP contribution in [0.2, 0.25) is 0 Å². The Bertz CT molecular complexity index is 847. The van der Waals surface area contributed by atoms with Crippen LogP contribution in [-0.2, 0) is 4.74 Å². The molecule has 0 aliphatic heterocycles. The summed E-state index contributed by atoms with van der Waals surface area (Å²) in [7, 11) is 0. The first-order valence-electron chi connectivity index (χ1n) is 7.02. The lowest BCUT2D eigenvalue weighted by Gasteiger charge is -2.09. The van der Waals surface area contributed by atoms with Gasteiger partial charge >= 0.3 is 5.97 Å². The second kappa shape index (κ2) is 6.45. The van der Waals surface area contributed by atoms with E-state index in [1.54, 1.807) is 6.92 Å². The summed E-state index contributed by atoms with van der Waals surface area (Å²) in [5.41, 5.74) is 0.781. The molecule has 0 aliphatic carbocycles. The highest BCUT2D eigenvalue weighted by Crippen LogP contribution is 2.23. The highest BCUT2D eigenvalue weighted by Gasteiger charge is 2.20. The van der Waals surface area contributed by atoms with Gasteiger partial charge in [-0.05, 0) is 31.2 Å². The first-order chi connectivity index (χ1) is 11.5. The van der Waals surface area contributed by atoms with E-state index in [0.29, 0.717) is 10.3 Å². The molecule has 0 saturated carbocycles. The maximum Gasteiger partial charge on any atom is 0.339 e. The number of nitrogens with zero attached hydrogens (tertiary/aromatic N) is 3. The highest BCUT2D eigenvalue weighted by atomic mass is 19.1. The summed E-state index contributed by atoms with van der Waals surface area (Å²) in [4.78, 5) is 12.0. The van der Waals surface area contributed by atoms with Gasteiger partial charge in [0.15, 0.2) is 18.5 Å². The molecule has 0 spiro atoms. The maximum absolute atomic E-state index is 12.9. The second-order valence-corrected chi connectivity index (χ2v) is 4.95. The molecule has 3 aromatic rings. The van der Waals surface area contributed by atoms with Gasteiger partial charge in [0.2, 0.25) is 5.89 Å². The van der Waals surface area contributed by atoms with Crippen molar-refractivity contribution in [3.8, 4) is 11.5 Å². The maximum atomic E-state index is 12.9. The van der Waals surface area contributed by atoms with E-state index in [1.165, 1.54) is 48.8 Å². The summed E-state index contributed by atoms with van der Waals surface area (Å²) in [6, 6.07) is 8.26. The van der Waals surface area contributed by atoms with E-state index in [-0.39, 0.29) is 23.2 Å². The van der Waals surface area contributed by atoms with Gasteiger partial charge in [-0.15, -0.1) is 10.2 Å². The van der Waals surface area contributed by atoms with Crippen molar-refractivity contribution in [2.45, 2.75) is 13.0 Å². The van der Waals surface area contributed by atoms with E-state index >= 15 is 0 Å². The van der Waals surface area contributed by atoms with Gasteiger partial charge in [0.05, 0.1) is 5.56 Å². The van der Waals surface area contributed by atoms with Crippen LogP contribution in [0.5, 0.6) is 0 Å². The molecule has 122 valence electrons. The molecule has 0 aliphatic rings. The molecule has 2 aromatic heterocycles. The molecule has 0 amide bonds. The summed E-state index contributed by atoms with van der Waals surface area (Å²) in [6.45, 7) is 1.58. The normalized spacial score (nSPS) is 11.9. The number of esters is 1. The van der Waals surface area contributed by atoms with Crippen molar-refractivity contribution < 1.29 is 23.1 Å². The van der Waals surface area contributed by atoms with Crippen molar-refractivity contribution in [2.75, 3.05) is 0 Å². The van der Waals surface area contributed by atoms with E-state index < -0.39 is 12.1 Å². The van der Waals surface area contributed by atoms with Gasteiger partial charge in [0.25, 0.3) is 5.89 Å². The number of halogens is 1. The predicted molar refractivity (Wildman–Crippen MR) is 78.9 cm³/mol. The van der Waals surface area contributed by atoms with Gasteiger partial charge in [-0.2, -0.15) is 4.73 Å². The lowest BCUT2D eigenvalue weighted by molar-refractivity contribution is -0.605. The topological polar surface area (TPSA) is 92.2 Å². The van der Waals surface area contributed by atoms with Crippen molar-refractivity contribution in [3.05, 3.63) is 71.3 Å². The summed E-state index contributed by atoms with van der Waals surface area (Å²) in [6.07, 6.45) is 1.61. The van der Waals surface area contributed by atoms with Crippen molar-refractivity contribution >= 4 is 5.97 Å². The fourth-order valence-electron chi connectivity index (χ4n) is 1.94. The molecule has 7 nitrogen and oxygen atoms in total. The molecule has 0 saturated heterocycles. The van der Waals surface area contributed by atoms with Crippen molar-refractivity contribution in [3.63, 3.8) is 0 Å². The Hall–Kier alpha value is -3.29. The fourth-order valence-corrected chi connectivity index (χ4v) is 1.94. The number of rotatable bonds is 4. The van der Waals surface area contributed by atoms with Crippen molar-refractivity contribution in [2.24, 2.45) is 0 Å². The zero-order chi connectivity index (χ0) is 17.1. The Balaban J connectivity index is 1.71. The molecule has 0 fully saturated rings. The van der Waals surface area contributed by atoms with E-state index in [9.17, 15) is 14.4 Å². The smallest absolute Gasteiger partial charge is 0.339 e. The van der Waals surface area contributed by atoms with E-state index in [2.05, 4.69) is 10.2 Å². The number of aromatic nitrogens is 3. The molecule has 0 N–H and O–H groups in total. The third-order valence-electron chi connectivity index (χ3n) is 3.20. The average molecular weight is 329 g/mol. The van der Waals surface area contributed by atoms with Crippen LogP contribution < -0.4 is 4.73 Å². The van der Waals surface area contributed by atoms with Gasteiger partial charge < -0.3 is 14.4 Å². The quantitative estimate of drug-likeness (QED) is 0.415. The van der Waals surface area contributed by atoms with Gasteiger partial charge in [-0.1, -0.05) is 0 Å². The largest absolute Gasteiger partial charge is 0.619 e. The molecule has 0 radical (unpaired) electrons. The van der Waals surface area contributed by atoms with Gasteiger partial charge in [0, 0.05) is 17.7 Å². The van der Waals surface area contributed by atoms with Crippen LogP contribution in [0.4, 0.5) is 4.39 Å². The van der Waals surface area contributed by atoms with Gasteiger partial charge in [0.1, 0.15) is 5.82 Å². The number of ether oxygens (including phenoxy) is 1. The summed E-state index contributed by atoms with van der Waals surface area (Å²) >= 11 is 0. The van der Waals surface area contributed by atoms with E-state index in [1.807, 2.05) is 0 Å². The molecular formula is C16H12FN3O4. The van der Waals surface area contributed by atoms with E-state index in [0.717, 1.165) is 0 Å². The zero-order valence-corrected chi connectivity index (χ0v) is 12.5. The molecule has 0 bridgehead atoms. The number of carbonyl (C=O) groups is 1. The third kappa shape index (κ3) is 3.37. The Morgan fingerprint density at radius 1 is 1.21 bits per heavy atom. The van der Waals surface area contributed by atoms with Crippen LogP contribution >= 0.6 is 0 Å². The lowest BCUT2D eigenvalue weighted by atomic mass is 10.2. The SMILES string of the molecule is C[C@H](OC(=O)c1cc[n+]([O-])cc1)c1nnc(-c2ccc(F)cc2)o1. The molecule has 24 heavy (non-hydrogen) atoms. The minimum absolute atomic E-state index is 0.109. The number of hydrogen-bond donors (Lipinski definition) is 0. The summed E-state index contributed by atoms with van der Waals surface area (Å²) < 4.78 is 24.2. The first-order valence-corrected chi connectivity index (χ1v) is 7.02. The molecule has 3 rings (SSSR count). The van der Waals surface area contributed by atoms with Crippen LogP contribution in [-0.4, -0.2) is 16.2 Å². The van der Waals surface area contributed by atoms with Crippen LogP contribution in [0.25, 0.3) is 11.5 Å². The van der Waals surface area contributed by atoms with E-state index in [4.69, 9.17) is 9.15 Å². The number of hydrogen-bond acceptors (Lipinski definition) is 6. The Morgan fingerprint density at radius 2 is 1.88 bits per heavy atom. The van der Waals surface area contributed by atoms with Crippen molar-refractivity contribution in [1.82, 2.24) is 10.2 Å². The molecule has 8 heteroatoms. The monoisotopic (exact) mass is 329 g/mol. The molecule has 1 aromatic carbocycles. The highest BCUT2D eigenvalue weighted by molar-refractivity contribution is 5.89. The van der Waals surface area contributed by atoms with Crippen LogP contribution in [0.15, 0.2) is 53.2 Å². The minimum Gasteiger partial charge on any atom is -0.619 e. The summed E-state index contributed by atoms with van der Waals surface area (Å²) in [5.74, 6) is -0.690. The fraction of sp³-hybridized carbons (Fsp3) is 0.125. The summed E-state index contributed by atoms with van der Waals surface area (Å²) in [5, 5.41) is 18.6. The minimum atomic E-state index is -0.779. The zero-order valence-electron chi connectivity index (χ0n) is 12.5. The molecule has 1 atom stereocenters. The van der Waals surface area contributed by atoms with Crippen LogP contribution in [0, 0.1) is 11.0 Å². The van der Waals surface area contributed by atoms with Gasteiger partial charge in [-0.3, -0.25) is 0 Å².